The van der Waals surface area contributed by atoms with E-state index in [1.54, 1.807) is 12.1 Å². The van der Waals surface area contributed by atoms with Crippen LogP contribution in [0, 0.1) is 5.82 Å². The van der Waals surface area contributed by atoms with Crippen LogP contribution in [0.25, 0.3) is 11.0 Å². The lowest BCUT2D eigenvalue weighted by Crippen LogP contribution is -2.32. The van der Waals surface area contributed by atoms with E-state index in [1.165, 1.54) is 0 Å². The third-order valence-electron chi connectivity index (χ3n) is 4.60. The van der Waals surface area contributed by atoms with Crippen molar-refractivity contribution in [2.45, 2.75) is 51.5 Å². The summed E-state index contributed by atoms with van der Waals surface area (Å²) in [6, 6.07) is 4.98. The zero-order chi connectivity index (χ0) is 14.9. The van der Waals surface area contributed by atoms with Crippen LogP contribution < -0.4 is 5.32 Å². The van der Waals surface area contributed by atoms with Crippen LogP contribution in [0.4, 0.5) is 4.39 Å². The van der Waals surface area contributed by atoms with Gasteiger partial charge in [-0.3, -0.25) is 0 Å². The lowest BCUT2D eigenvalue weighted by molar-refractivity contribution is 0.384. The SMILES string of the molecule is CCCn1c(C2(CCC)CCNC2)nc2cc(F)ccc21. The number of nitrogens with zero attached hydrogens (tertiary/aromatic N) is 2. The highest BCUT2D eigenvalue weighted by Gasteiger charge is 2.39. The van der Waals surface area contributed by atoms with Crippen molar-refractivity contribution in [3.8, 4) is 0 Å². The zero-order valence-electron chi connectivity index (χ0n) is 13.0. The minimum atomic E-state index is -0.204. The summed E-state index contributed by atoms with van der Waals surface area (Å²) in [6.07, 6.45) is 4.46. The van der Waals surface area contributed by atoms with Gasteiger partial charge in [0, 0.05) is 24.6 Å². The standard InChI is InChI=1S/C17H24FN3/c1-3-7-17(8-9-19-12-17)16-20-14-11-13(18)5-6-15(14)21(16)10-4-2/h5-6,11,19H,3-4,7-10,12H2,1-2H3. The predicted octanol–water partition coefficient (Wildman–Crippen LogP) is 3.62. The summed E-state index contributed by atoms with van der Waals surface area (Å²) in [5.41, 5.74) is 1.97. The van der Waals surface area contributed by atoms with Crippen LogP contribution in [0.3, 0.4) is 0 Å². The highest BCUT2D eigenvalue weighted by molar-refractivity contribution is 5.76. The number of aryl methyl sites for hydroxylation is 1. The van der Waals surface area contributed by atoms with Crippen molar-refractivity contribution in [3.05, 3.63) is 29.8 Å². The largest absolute Gasteiger partial charge is 0.327 e. The van der Waals surface area contributed by atoms with Crippen LogP contribution in [0.1, 0.15) is 45.4 Å². The molecule has 3 rings (SSSR count). The number of benzene rings is 1. The first-order valence-electron chi connectivity index (χ1n) is 8.07. The first kappa shape index (κ1) is 14.5. The number of imidazole rings is 1. The molecule has 0 saturated carbocycles. The molecule has 4 heteroatoms. The van der Waals surface area contributed by atoms with Gasteiger partial charge in [-0.15, -0.1) is 0 Å². The molecule has 1 unspecified atom stereocenters. The third-order valence-corrected chi connectivity index (χ3v) is 4.60. The number of rotatable bonds is 5. The molecule has 1 N–H and O–H groups in total. The highest BCUT2D eigenvalue weighted by atomic mass is 19.1. The van der Waals surface area contributed by atoms with Gasteiger partial charge in [-0.2, -0.15) is 0 Å². The van der Waals surface area contributed by atoms with Crippen molar-refractivity contribution < 1.29 is 4.39 Å². The average Bonchev–Trinajstić information content (AvgIpc) is 3.06. The van der Waals surface area contributed by atoms with Gasteiger partial charge in [0.2, 0.25) is 0 Å². The molecule has 114 valence electrons. The lowest BCUT2D eigenvalue weighted by Gasteiger charge is -2.28. The van der Waals surface area contributed by atoms with E-state index in [1.807, 2.05) is 6.07 Å². The van der Waals surface area contributed by atoms with Crippen molar-refractivity contribution in [1.82, 2.24) is 14.9 Å². The van der Waals surface area contributed by atoms with Gasteiger partial charge in [0.15, 0.2) is 0 Å². The molecule has 1 aliphatic rings. The third kappa shape index (κ3) is 2.46. The Bertz CT molecular complexity index is 626. The summed E-state index contributed by atoms with van der Waals surface area (Å²) in [4.78, 5) is 4.85. The molecule has 2 heterocycles. The topological polar surface area (TPSA) is 29.9 Å². The van der Waals surface area contributed by atoms with Crippen LogP contribution in [0.2, 0.25) is 0 Å². The number of fused-ring (bicyclic) bond motifs is 1. The Kier molecular flexibility index (Phi) is 3.98. The number of nitrogens with one attached hydrogen (secondary N) is 1. The van der Waals surface area contributed by atoms with Gasteiger partial charge in [0.25, 0.3) is 0 Å². The summed E-state index contributed by atoms with van der Waals surface area (Å²) in [7, 11) is 0. The summed E-state index contributed by atoms with van der Waals surface area (Å²) in [6.45, 7) is 7.38. The lowest BCUT2D eigenvalue weighted by atomic mass is 9.81. The van der Waals surface area contributed by atoms with Gasteiger partial charge in [0.05, 0.1) is 11.0 Å². The fraction of sp³-hybridized carbons (Fsp3) is 0.588. The molecular weight excluding hydrogens is 265 g/mol. The monoisotopic (exact) mass is 289 g/mol. The van der Waals surface area contributed by atoms with Gasteiger partial charge in [-0.05, 0) is 37.9 Å². The maximum Gasteiger partial charge on any atom is 0.125 e. The normalized spacial score (nSPS) is 22.2. The average molecular weight is 289 g/mol. The van der Waals surface area contributed by atoms with E-state index in [0.29, 0.717) is 0 Å². The molecule has 21 heavy (non-hydrogen) atoms. The molecule has 0 amide bonds. The second-order valence-corrected chi connectivity index (χ2v) is 6.18. The molecule has 1 aliphatic heterocycles. The molecule has 1 atom stereocenters. The molecule has 1 saturated heterocycles. The van der Waals surface area contributed by atoms with Gasteiger partial charge in [-0.1, -0.05) is 20.3 Å². The zero-order valence-corrected chi connectivity index (χ0v) is 13.0. The van der Waals surface area contributed by atoms with E-state index in [-0.39, 0.29) is 11.2 Å². The van der Waals surface area contributed by atoms with Gasteiger partial charge in [0.1, 0.15) is 11.6 Å². The summed E-state index contributed by atoms with van der Waals surface area (Å²) in [5, 5.41) is 3.49. The quantitative estimate of drug-likeness (QED) is 0.911. The molecule has 0 radical (unpaired) electrons. The number of aromatic nitrogens is 2. The maximum atomic E-state index is 13.5. The van der Waals surface area contributed by atoms with Crippen molar-refractivity contribution in [1.29, 1.82) is 0 Å². The molecule has 1 aromatic heterocycles. The van der Waals surface area contributed by atoms with E-state index in [0.717, 1.165) is 62.2 Å². The Morgan fingerprint density at radius 2 is 2.19 bits per heavy atom. The molecule has 0 bridgehead atoms. The van der Waals surface area contributed by atoms with E-state index in [4.69, 9.17) is 4.98 Å². The van der Waals surface area contributed by atoms with E-state index in [9.17, 15) is 4.39 Å². The molecule has 3 nitrogen and oxygen atoms in total. The van der Waals surface area contributed by atoms with Gasteiger partial charge >= 0.3 is 0 Å². The second-order valence-electron chi connectivity index (χ2n) is 6.18. The van der Waals surface area contributed by atoms with Crippen LogP contribution in [-0.4, -0.2) is 22.6 Å². The second kappa shape index (κ2) is 5.76. The minimum Gasteiger partial charge on any atom is -0.327 e. The van der Waals surface area contributed by atoms with Crippen LogP contribution in [-0.2, 0) is 12.0 Å². The molecule has 0 aliphatic carbocycles. The Labute approximate surface area is 125 Å². The first-order chi connectivity index (χ1) is 10.2. The number of halogens is 1. The Balaban J connectivity index is 2.17. The van der Waals surface area contributed by atoms with Gasteiger partial charge in [-0.25, -0.2) is 9.37 Å². The summed E-state index contributed by atoms with van der Waals surface area (Å²) < 4.78 is 15.8. The number of hydrogen-bond donors (Lipinski definition) is 1. The fourth-order valence-electron chi connectivity index (χ4n) is 3.70. The van der Waals surface area contributed by atoms with Crippen molar-refractivity contribution >= 4 is 11.0 Å². The molecular formula is C17H24FN3. The Morgan fingerprint density at radius 1 is 1.33 bits per heavy atom. The van der Waals surface area contributed by atoms with E-state index >= 15 is 0 Å². The first-order valence-corrected chi connectivity index (χ1v) is 8.07. The van der Waals surface area contributed by atoms with Crippen LogP contribution in [0.15, 0.2) is 18.2 Å². The smallest absolute Gasteiger partial charge is 0.125 e. The summed E-state index contributed by atoms with van der Waals surface area (Å²) in [5.74, 6) is 0.945. The highest BCUT2D eigenvalue weighted by Crippen LogP contribution is 2.36. The fourth-order valence-corrected chi connectivity index (χ4v) is 3.70. The molecule has 1 fully saturated rings. The van der Waals surface area contributed by atoms with Crippen molar-refractivity contribution in [3.63, 3.8) is 0 Å². The molecule has 1 aromatic carbocycles. The number of hydrogen-bond acceptors (Lipinski definition) is 2. The van der Waals surface area contributed by atoms with Gasteiger partial charge < -0.3 is 9.88 Å². The Morgan fingerprint density at radius 3 is 2.86 bits per heavy atom. The van der Waals surface area contributed by atoms with E-state index < -0.39 is 0 Å². The van der Waals surface area contributed by atoms with Crippen LogP contribution >= 0.6 is 0 Å². The van der Waals surface area contributed by atoms with Crippen molar-refractivity contribution in [2.75, 3.05) is 13.1 Å². The van der Waals surface area contributed by atoms with Crippen molar-refractivity contribution in [2.24, 2.45) is 0 Å². The molecule has 2 aromatic rings. The predicted molar refractivity (Wildman–Crippen MR) is 84.1 cm³/mol. The molecule has 0 spiro atoms. The minimum absolute atomic E-state index is 0.111. The van der Waals surface area contributed by atoms with Crippen LogP contribution in [0.5, 0.6) is 0 Å². The Hall–Kier alpha value is -1.42. The van der Waals surface area contributed by atoms with E-state index in [2.05, 4.69) is 23.7 Å². The maximum absolute atomic E-state index is 13.5. The summed E-state index contributed by atoms with van der Waals surface area (Å²) >= 11 is 0.